The number of aromatic carboxylic acids is 1. The molecular formula is C18H16N4O3. The summed E-state index contributed by atoms with van der Waals surface area (Å²) in [5, 5.41) is 17.9. The van der Waals surface area contributed by atoms with Crippen molar-refractivity contribution >= 4 is 11.5 Å². The summed E-state index contributed by atoms with van der Waals surface area (Å²) in [5.41, 5.74) is 5.86. The van der Waals surface area contributed by atoms with Crippen LogP contribution >= 0.6 is 0 Å². The molecule has 1 N–H and O–H groups in total. The number of hydrogen-bond donors (Lipinski definition) is 1. The van der Waals surface area contributed by atoms with Crippen molar-refractivity contribution in [3.63, 3.8) is 0 Å². The lowest BCUT2D eigenvalue weighted by atomic mass is 10.0. The van der Waals surface area contributed by atoms with Crippen LogP contribution in [-0.4, -0.2) is 30.5 Å². The first-order valence-corrected chi connectivity index (χ1v) is 7.76. The quantitative estimate of drug-likeness (QED) is 0.620. The Labute approximate surface area is 143 Å². The highest BCUT2D eigenvalue weighted by Gasteiger charge is 2.17. The molecule has 4 rings (SSSR count). The predicted molar refractivity (Wildman–Crippen MR) is 91.5 cm³/mol. The summed E-state index contributed by atoms with van der Waals surface area (Å²) < 4.78 is 9.04. The Bertz CT molecular complexity index is 1120. The molecule has 0 aliphatic heterocycles. The summed E-state index contributed by atoms with van der Waals surface area (Å²) in [4.78, 5) is 11.0. The summed E-state index contributed by atoms with van der Waals surface area (Å²) in [7, 11) is 1.92. The highest BCUT2D eigenvalue weighted by atomic mass is 16.4. The van der Waals surface area contributed by atoms with Crippen LogP contribution in [0.4, 0.5) is 0 Å². The fourth-order valence-corrected chi connectivity index (χ4v) is 3.09. The van der Waals surface area contributed by atoms with E-state index < -0.39 is 5.97 Å². The van der Waals surface area contributed by atoms with Crippen LogP contribution in [0.3, 0.4) is 0 Å². The maximum absolute atomic E-state index is 11.0. The molecule has 0 fully saturated rings. The first-order chi connectivity index (χ1) is 12.0. The number of aromatic nitrogens is 4. The summed E-state index contributed by atoms with van der Waals surface area (Å²) >= 11 is 0. The smallest absolute Gasteiger partial charge is 0.338 e. The van der Waals surface area contributed by atoms with Crippen molar-refractivity contribution in [3.05, 3.63) is 53.8 Å². The van der Waals surface area contributed by atoms with E-state index in [2.05, 4.69) is 10.2 Å². The average Bonchev–Trinajstić information content (AvgIpc) is 3.26. The van der Waals surface area contributed by atoms with Gasteiger partial charge in [0.05, 0.1) is 23.0 Å². The SMILES string of the molecule is Cc1nn(C)c(C)c1-c1cnn2ccc(-c3cc(C(=O)O)co3)cc12. The molecule has 7 heteroatoms. The van der Waals surface area contributed by atoms with Crippen LogP contribution in [0.15, 0.2) is 41.3 Å². The minimum absolute atomic E-state index is 0.127. The number of carboxylic acids is 1. The molecule has 0 aliphatic carbocycles. The molecule has 0 aliphatic rings. The van der Waals surface area contributed by atoms with Crippen molar-refractivity contribution in [2.75, 3.05) is 0 Å². The summed E-state index contributed by atoms with van der Waals surface area (Å²) in [6.45, 7) is 4.00. The third-order valence-corrected chi connectivity index (χ3v) is 4.43. The Balaban J connectivity index is 1.89. The number of hydrogen-bond acceptors (Lipinski definition) is 4. The monoisotopic (exact) mass is 336 g/mol. The van der Waals surface area contributed by atoms with E-state index in [1.807, 2.05) is 50.1 Å². The molecule has 0 radical (unpaired) electrons. The fourth-order valence-electron chi connectivity index (χ4n) is 3.09. The Morgan fingerprint density at radius 1 is 1.28 bits per heavy atom. The molecule has 4 aromatic heterocycles. The number of rotatable bonds is 3. The van der Waals surface area contributed by atoms with E-state index in [1.54, 1.807) is 4.52 Å². The zero-order valence-electron chi connectivity index (χ0n) is 14.0. The van der Waals surface area contributed by atoms with Gasteiger partial charge < -0.3 is 9.52 Å². The highest BCUT2D eigenvalue weighted by Crippen LogP contribution is 2.32. The van der Waals surface area contributed by atoms with Crippen LogP contribution in [0.25, 0.3) is 28.0 Å². The average molecular weight is 336 g/mol. The van der Waals surface area contributed by atoms with Gasteiger partial charge >= 0.3 is 5.97 Å². The number of nitrogens with zero attached hydrogens (tertiary/aromatic N) is 4. The number of carbonyl (C=O) groups is 1. The van der Waals surface area contributed by atoms with E-state index in [4.69, 9.17) is 9.52 Å². The molecule has 7 nitrogen and oxygen atoms in total. The van der Waals surface area contributed by atoms with E-state index >= 15 is 0 Å². The van der Waals surface area contributed by atoms with Crippen molar-refractivity contribution in [1.29, 1.82) is 0 Å². The van der Waals surface area contributed by atoms with Crippen LogP contribution in [0.5, 0.6) is 0 Å². The van der Waals surface area contributed by atoms with Crippen LogP contribution in [0.2, 0.25) is 0 Å². The van der Waals surface area contributed by atoms with Crippen LogP contribution in [0, 0.1) is 13.8 Å². The number of carboxylic acid groups (broad SMARTS) is 1. The van der Waals surface area contributed by atoms with E-state index in [0.29, 0.717) is 5.76 Å². The van der Waals surface area contributed by atoms with Gasteiger partial charge in [0.15, 0.2) is 0 Å². The normalized spacial score (nSPS) is 11.3. The Morgan fingerprint density at radius 3 is 2.72 bits per heavy atom. The maximum atomic E-state index is 11.0. The maximum Gasteiger partial charge on any atom is 0.338 e. The van der Waals surface area contributed by atoms with Crippen LogP contribution in [0.1, 0.15) is 21.7 Å². The van der Waals surface area contributed by atoms with Crippen molar-refractivity contribution in [2.45, 2.75) is 13.8 Å². The number of furan rings is 1. The molecule has 0 bridgehead atoms. The van der Waals surface area contributed by atoms with Gasteiger partial charge in [-0.25, -0.2) is 9.31 Å². The standard InChI is InChI=1S/C18H16N4O3/c1-10-17(11(2)21(3)20-10)14-8-19-22-5-4-12(6-15(14)22)16-7-13(9-25-16)18(23)24/h4-9H,1-3H3,(H,23,24). The van der Waals surface area contributed by atoms with Gasteiger partial charge in [0, 0.05) is 35.6 Å². The second kappa shape index (κ2) is 5.34. The third kappa shape index (κ3) is 2.32. The van der Waals surface area contributed by atoms with Gasteiger partial charge in [-0.05, 0) is 32.0 Å². The zero-order valence-corrected chi connectivity index (χ0v) is 14.0. The molecule has 0 spiro atoms. The lowest BCUT2D eigenvalue weighted by Crippen LogP contribution is -1.92. The molecule has 0 saturated carbocycles. The molecule has 0 saturated heterocycles. The van der Waals surface area contributed by atoms with Gasteiger partial charge in [0.25, 0.3) is 0 Å². The van der Waals surface area contributed by atoms with Crippen molar-refractivity contribution in [3.8, 4) is 22.5 Å². The molecule has 126 valence electrons. The largest absolute Gasteiger partial charge is 0.478 e. The van der Waals surface area contributed by atoms with Crippen molar-refractivity contribution in [1.82, 2.24) is 19.4 Å². The Morgan fingerprint density at radius 2 is 2.08 bits per heavy atom. The fraction of sp³-hybridized carbons (Fsp3) is 0.167. The summed E-state index contributed by atoms with van der Waals surface area (Å²) in [6.07, 6.45) is 4.90. The molecule has 4 aromatic rings. The summed E-state index contributed by atoms with van der Waals surface area (Å²) in [6, 6.07) is 5.31. The zero-order chi connectivity index (χ0) is 17.7. The molecule has 0 atom stereocenters. The van der Waals surface area contributed by atoms with E-state index in [-0.39, 0.29) is 5.56 Å². The predicted octanol–water partition coefficient (Wildman–Crippen LogP) is 3.31. The molecule has 0 unspecified atom stereocenters. The second-order valence-corrected chi connectivity index (χ2v) is 5.98. The number of fused-ring (bicyclic) bond motifs is 1. The minimum atomic E-state index is -1.01. The van der Waals surface area contributed by atoms with Gasteiger partial charge in [-0.15, -0.1) is 0 Å². The minimum Gasteiger partial charge on any atom is -0.478 e. The molecular weight excluding hydrogens is 320 g/mol. The van der Waals surface area contributed by atoms with E-state index in [1.165, 1.54) is 12.3 Å². The molecule has 4 heterocycles. The molecule has 0 aromatic carbocycles. The van der Waals surface area contributed by atoms with Gasteiger partial charge in [0.2, 0.25) is 0 Å². The van der Waals surface area contributed by atoms with Crippen LogP contribution < -0.4 is 0 Å². The van der Waals surface area contributed by atoms with E-state index in [9.17, 15) is 4.79 Å². The third-order valence-electron chi connectivity index (χ3n) is 4.43. The molecule has 0 amide bonds. The summed E-state index contributed by atoms with van der Waals surface area (Å²) in [5.74, 6) is -0.505. The van der Waals surface area contributed by atoms with E-state index in [0.717, 1.165) is 33.6 Å². The second-order valence-electron chi connectivity index (χ2n) is 5.98. The van der Waals surface area contributed by atoms with Crippen molar-refractivity contribution < 1.29 is 14.3 Å². The van der Waals surface area contributed by atoms with Crippen LogP contribution in [-0.2, 0) is 7.05 Å². The molecule has 25 heavy (non-hydrogen) atoms. The van der Waals surface area contributed by atoms with Gasteiger partial charge in [-0.3, -0.25) is 4.68 Å². The number of aryl methyl sites for hydroxylation is 2. The number of pyridine rings is 1. The van der Waals surface area contributed by atoms with Gasteiger partial charge in [-0.2, -0.15) is 10.2 Å². The van der Waals surface area contributed by atoms with Gasteiger partial charge in [0.1, 0.15) is 12.0 Å². The lowest BCUT2D eigenvalue weighted by molar-refractivity contribution is 0.0696. The Kier molecular flexibility index (Phi) is 3.24. The highest BCUT2D eigenvalue weighted by molar-refractivity contribution is 5.89. The lowest BCUT2D eigenvalue weighted by Gasteiger charge is -2.03. The first-order valence-electron chi connectivity index (χ1n) is 7.76. The first kappa shape index (κ1) is 15.2. The van der Waals surface area contributed by atoms with Crippen molar-refractivity contribution in [2.24, 2.45) is 7.05 Å². The van der Waals surface area contributed by atoms with Gasteiger partial charge in [-0.1, -0.05) is 0 Å². The Hall–Kier alpha value is -3.35. The topological polar surface area (TPSA) is 85.6 Å².